The number of ether oxygens (including phenoxy) is 1. The SMILES string of the molecule is CN1C(=O)C2OC(c3ccccc3)[C@@H]1C2c1ccccc1. The predicted octanol–water partition coefficient (Wildman–Crippen LogP) is 2.75. The number of carbonyl (C=O) groups excluding carboxylic acids is 1. The summed E-state index contributed by atoms with van der Waals surface area (Å²) in [5.74, 6) is 0.218. The summed E-state index contributed by atoms with van der Waals surface area (Å²) in [4.78, 5) is 14.2. The Balaban J connectivity index is 1.75. The van der Waals surface area contributed by atoms with E-state index in [2.05, 4.69) is 24.3 Å². The smallest absolute Gasteiger partial charge is 0.252 e. The maximum Gasteiger partial charge on any atom is 0.252 e. The maximum absolute atomic E-state index is 12.3. The van der Waals surface area contributed by atoms with Crippen LogP contribution in [0.4, 0.5) is 0 Å². The van der Waals surface area contributed by atoms with E-state index in [1.165, 1.54) is 5.56 Å². The van der Waals surface area contributed by atoms with Crippen molar-refractivity contribution in [3.8, 4) is 0 Å². The van der Waals surface area contributed by atoms with Crippen LogP contribution in [0.1, 0.15) is 23.1 Å². The number of fused-ring (bicyclic) bond motifs is 2. The Morgan fingerprint density at radius 3 is 2.05 bits per heavy atom. The first-order chi connectivity index (χ1) is 10.3. The summed E-state index contributed by atoms with van der Waals surface area (Å²) >= 11 is 0. The van der Waals surface area contributed by atoms with E-state index in [4.69, 9.17) is 4.74 Å². The molecule has 0 spiro atoms. The fourth-order valence-corrected chi connectivity index (χ4v) is 3.66. The average Bonchev–Trinajstić information content (AvgIpc) is 3.04. The number of morpholine rings is 1. The van der Waals surface area contributed by atoms with Gasteiger partial charge >= 0.3 is 0 Å². The van der Waals surface area contributed by atoms with Gasteiger partial charge in [0.1, 0.15) is 12.2 Å². The predicted molar refractivity (Wildman–Crippen MR) is 79.8 cm³/mol. The van der Waals surface area contributed by atoms with Crippen molar-refractivity contribution in [2.24, 2.45) is 0 Å². The van der Waals surface area contributed by atoms with Gasteiger partial charge in [-0.3, -0.25) is 4.79 Å². The van der Waals surface area contributed by atoms with Crippen molar-refractivity contribution < 1.29 is 9.53 Å². The molecule has 3 unspecified atom stereocenters. The normalized spacial score (nSPS) is 30.9. The lowest BCUT2D eigenvalue weighted by Gasteiger charge is -2.30. The van der Waals surface area contributed by atoms with Gasteiger partial charge in [0, 0.05) is 13.0 Å². The quantitative estimate of drug-likeness (QED) is 0.846. The maximum atomic E-state index is 12.3. The fourth-order valence-electron chi connectivity index (χ4n) is 3.66. The molecule has 2 aliphatic rings. The first-order valence-corrected chi connectivity index (χ1v) is 7.29. The molecule has 2 aromatic carbocycles. The molecule has 2 aliphatic heterocycles. The second-order valence-electron chi connectivity index (χ2n) is 5.76. The lowest BCUT2D eigenvalue weighted by Crippen LogP contribution is -2.40. The molecule has 2 saturated heterocycles. The molecule has 0 aliphatic carbocycles. The van der Waals surface area contributed by atoms with Gasteiger partial charge in [-0.05, 0) is 11.1 Å². The minimum Gasteiger partial charge on any atom is -0.358 e. The zero-order chi connectivity index (χ0) is 14.4. The zero-order valence-corrected chi connectivity index (χ0v) is 11.8. The largest absolute Gasteiger partial charge is 0.358 e. The number of carbonyl (C=O) groups is 1. The van der Waals surface area contributed by atoms with Crippen molar-refractivity contribution in [1.82, 2.24) is 4.90 Å². The van der Waals surface area contributed by atoms with Crippen LogP contribution in [0.25, 0.3) is 0 Å². The van der Waals surface area contributed by atoms with Gasteiger partial charge in [0.2, 0.25) is 0 Å². The summed E-state index contributed by atoms with van der Waals surface area (Å²) in [5, 5.41) is 0. The second kappa shape index (κ2) is 4.71. The van der Waals surface area contributed by atoms with Crippen molar-refractivity contribution in [3.63, 3.8) is 0 Å². The first-order valence-electron chi connectivity index (χ1n) is 7.29. The van der Waals surface area contributed by atoms with Gasteiger partial charge in [0.25, 0.3) is 5.91 Å². The average molecular weight is 279 g/mol. The number of amides is 1. The van der Waals surface area contributed by atoms with E-state index in [-0.39, 0.29) is 30.1 Å². The standard InChI is InChI=1S/C18H17NO2/c1-19-15-14(12-8-4-2-5-9-12)17(18(19)20)21-16(15)13-10-6-3-7-11-13/h2-11,14-17H,1H3/t14?,15-,16?,17?/m0/s1. The van der Waals surface area contributed by atoms with Crippen LogP contribution >= 0.6 is 0 Å². The Hall–Kier alpha value is -2.13. The third-order valence-electron chi connectivity index (χ3n) is 4.65. The van der Waals surface area contributed by atoms with E-state index >= 15 is 0 Å². The molecule has 3 heteroatoms. The van der Waals surface area contributed by atoms with Crippen LogP contribution in [0.5, 0.6) is 0 Å². The summed E-state index contributed by atoms with van der Waals surface area (Å²) in [6.07, 6.45) is -0.392. The van der Waals surface area contributed by atoms with Crippen molar-refractivity contribution in [1.29, 1.82) is 0 Å². The van der Waals surface area contributed by atoms with Crippen molar-refractivity contribution in [2.45, 2.75) is 24.2 Å². The van der Waals surface area contributed by atoms with Crippen LogP contribution in [-0.4, -0.2) is 30.0 Å². The minimum atomic E-state index is -0.354. The van der Waals surface area contributed by atoms with E-state index < -0.39 is 0 Å². The van der Waals surface area contributed by atoms with Crippen LogP contribution in [0.15, 0.2) is 60.7 Å². The number of hydrogen-bond acceptors (Lipinski definition) is 2. The minimum absolute atomic E-state index is 0.0379. The summed E-state index contributed by atoms with van der Waals surface area (Å²) in [6, 6.07) is 20.5. The Morgan fingerprint density at radius 2 is 1.43 bits per heavy atom. The highest BCUT2D eigenvalue weighted by molar-refractivity contribution is 5.86. The lowest BCUT2D eigenvalue weighted by molar-refractivity contribution is -0.148. The van der Waals surface area contributed by atoms with E-state index in [0.29, 0.717) is 0 Å². The lowest BCUT2D eigenvalue weighted by atomic mass is 9.88. The topological polar surface area (TPSA) is 29.5 Å². The van der Waals surface area contributed by atoms with Crippen LogP contribution in [0, 0.1) is 0 Å². The van der Waals surface area contributed by atoms with Crippen molar-refractivity contribution in [3.05, 3.63) is 71.8 Å². The second-order valence-corrected chi connectivity index (χ2v) is 5.76. The molecule has 0 saturated carbocycles. The van der Waals surface area contributed by atoms with Gasteiger partial charge in [-0.2, -0.15) is 0 Å². The molecule has 4 atom stereocenters. The third-order valence-corrected chi connectivity index (χ3v) is 4.65. The Kier molecular flexibility index (Phi) is 2.82. The summed E-state index contributed by atoms with van der Waals surface area (Å²) < 4.78 is 6.10. The molecule has 0 radical (unpaired) electrons. The number of rotatable bonds is 2. The van der Waals surface area contributed by atoms with E-state index in [0.717, 1.165) is 5.56 Å². The number of likely N-dealkylation sites (tertiary alicyclic amines) is 1. The molecular weight excluding hydrogens is 262 g/mol. The van der Waals surface area contributed by atoms with Gasteiger partial charge in [-0.1, -0.05) is 60.7 Å². The molecule has 2 fully saturated rings. The van der Waals surface area contributed by atoms with E-state index in [1.54, 1.807) is 0 Å². The van der Waals surface area contributed by atoms with E-state index in [9.17, 15) is 4.79 Å². The number of nitrogens with zero attached hydrogens (tertiary/aromatic N) is 1. The molecule has 2 bridgehead atoms. The third kappa shape index (κ3) is 1.81. The summed E-state index contributed by atoms with van der Waals surface area (Å²) in [7, 11) is 1.89. The van der Waals surface area contributed by atoms with Crippen molar-refractivity contribution in [2.75, 3.05) is 7.05 Å². The Labute approximate surface area is 124 Å². The monoisotopic (exact) mass is 279 g/mol. The Bertz CT molecular complexity index is 655. The summed E-state index contributed by atoms with van der Waals surface area (Å²) in [6.45, 7) is 0. The molecular formula is C18H17NO2. The van der Waals surface area contributed by atoms with Crippen LogP contribution < -0.4 is 0 Å². The highest BCUT2D eigenvalue weighted by Crippen LogP contribution is 2.50. The zero-order valence-electron chi connectivity index (χ0n) is 11.8. The molecule has 21 heavy (non-hydrogen) atoms. The van der Waals surface area contributed by atoms with Gasteiger partial charge in [-0.25, -0.2) is 0 Å². The highest BCUT2D eigenvalue weighted by Gasteiger charge is 2.58. The highest BCUT2D eigenvalue weighted by atomic mass is 16.5. The molecule has 0 N–H and O–H groups in total. The molecule has 4 rings (SSSR count). The molecule has 2 aromatic rings. The van der Waals surface area contributed by atoms with Gasteiger partial charge in [0.15, 0.2) is 0 Å². The van der Waals surface area contributed by atoms with Crippen LogP contribution in [0.3, 0.4) is 0 Å². The number of hydrogen-bond donors (Lipinski definition) is 0. The molecule has 3 nitrogen and oxygen atoms in total. The Morgan fingerprint density at radius 1 is 0.857 bits per heavy atom. The molecule has 106 valence electrons. The van der Waals surface area contributed by atoms with Gasteiger partial charge < -0.3 is 9.64 Å². The first kappa shape index (κ1) is 12.6. The van der Waals surface area contributed by atoms with Crippen LogP contribution in [-0.2, 0) is 9.53 Å². The van der Waals surface area contributed by atoms with Gasteiger partial charge in [0.05, 0.1) is 6.04 Å². The van der Waals surface area contributed by atoms with Crippen molar-refractivity contribution >= 4 is 5.91 Å². The fraction of sp³-hybridized carbons (Fsp3) is 0.278. The summed E-state index contributed by atoms with van der Waals surface area (Å²) in [5.41, 5.74) is 2.33. The van der Waals surface area contributed by atoms with Gasteiger partial charge in [-0.15, -0.1) is 0 Å². The molecule has 1 amide bonds. The van der Waals surface area contributed by atoms with E-state index in [1.807, 2.05) is 48.3 Å². The molecule has 0 aromatic heterocycles. The van der Waals surface area contributed by atoms with Crippen LogP contribution in [0.2, 0.25) is 0 Å². The molecule has 2 heterocycles. The number of likely N-dealkylation sites (N-methyl/N-ethyl adjacent to an activating group) is 1. The number of benzene rings is 2.